The van der Waals surface area contributed by atoms with Crippen molar-refractivity contribution in [2.75, 3.05) is 25.0 Å². The van der Waals surface area contributed by atoms with Gasteiger partial charge in [0.15, 0.2) is 0 Å². The van der Waals surface area contributed by atoms with Gasteiger partial charge in [-0.25, -0.2) is 0 Å². The highest BCUT2D eigenvalue weighted by molar-refractivity contribution is 5.56. The topological polar surface area (TPSA) is 78.6 Å². The second kappa shape index (κ2) is 7.38. The van der Waals surface area contributed by atoms with Gasteiger partial charge in [0.05, 0.1) is 10.5 Å². The van der Waals surface area contributed by atoms with E-state index in [1.807, 2.05) is 13.8 Å². The first-order chi connectivity index (χ1) is 9.76. The average molecular weight is 295 g/mol. The number of nitrogens with one attached hydrogen (secondary N) is 1. The van der Waals surface area contributed by atoms with Crippen LogP contribution in [0.1, 0.15) is 33.3 Å². The molecule has 0 radical (unpaired) electrons. The third kappa shape index (κ3) is 5.69. The second-order valence-corrected chi connectivity index (χ2v) is 5.74. The third-order valence-corrected chi connectivity index (χ3v) is 3.12. The van der Waals surface area contributed by atoms with E-state index < -0.39 is 5.60 Å². The Morgan fingerprint density at radius 3 is 2.52 bits per heavy atom. The predicted octanol–water partition coefficient (Wildman–Crippen LogP) is 2.62. The summed E-state index contributed by atoms with van der Waals surface area (Å²) in [7, 11) is 0. The van der Waals surface area contributed by atoms with Crippen LogP contribution >= 0.6 is 0 Å². The number of rotatable bonds is 8. The van der Waals surface area contributed by atoms with Crippen LogP contribution in [0.15, 0.2) is 18.2 Å². The first kappa shape index (κ1) is 17.4. The molecule has 0 aliphatic carbocycles. The number of hydrogen-bond donors (Lipinski definition) is 2. The summed E-state index contributed by atoms with van der Waals surface area (Å²) in [6, 6.07) is 4.85. The molecule has 21 heavy (non-hydrogen) atoms. The van der Waals surface area contributed by atoms with E-state index in [0.717, 1.165) is 24.3 Å². The Morgan fingerprint density at radius 2 is 2.05 bits per heavy atom. The second-order valence-electron chi connectivity index (χ2n) is 5.74. The molecule has 0 aromatic heterocycles. The summed E-state index contributed by atoms with van der Waals surface area (Å²) in [4.78, 5) is 12.6. The van der Waals surface area contributed by atoms with E-state index in [2.05, 4.69) is 10.2 Å². The summed E-state index contributed by atoms with van der Waals surface area (Å²) in [5.74, 6) is 0. The molecule has 0 fully saturated rings. The quantitative estimate of drug-likeness (QED) is 0.569. The Balaban J connectivity index is 3.01. The number of nitro benzene ring substituents is 1. The normalized spacial score (nSPS) is 11.7. The monoisotopic (exact) mass is 295 g/mol. The maximum absolute atomic E-state index is 10.9. The number of benzene rings is 1. The van der Waals surface area contributed by atoms with Gasteiger partial charge in [0.25, 0.3) is 5.69 Å². The first-order valence-electron chi connectivity index (χ1n) is 7.22. The first-order valence-corrected chi connectivity index (χ1v) is 7.22. The molecule has 0 bridgehead atoms. The van der Waals surface area contributed by atoms with Gasteiger partial charge >= 0.3 is 0 Å². The average Bonchev–Trinajstić information content (AvgIpc) is 2.38. The number of likely N-dealkylation sites (N-methyl/N-ethyl adjacent to an activating group) is 1. The molecular formula is C15H25N3O3. The van der Waals surface area contributed by atoms with E-state index in [1.54, 1.807) is 26.0 Å². The van der Waals surface area contributed by atoms with Gasteiger partial charge in [0.1, 0.15) is 0 Å². The molecule has 0 heterocycles. The Morgan fingerprint density at radius 1 is 1.38 bits per heavy atom. The molecule has 0 aliphatic rings. The lowest BCUT2D eigenvalue weighted by atomic mass is 10.1. The standard InChI is InChI=1S/C15H25N3O3/c1-5-16-14-8-7-13(18(20)21)9-12(14)10-17(6-2)11-15(3,4)19/h7-9,16,19H,5-6,10-11H2,1-4H3. The molecule has 118 valence electrons. The van der Waals surface area contributed by atoms with Gasteiger partial charge in [-0.05, 0) is 38.9 Å². The SMILES string of the molecule is CCNc1ccc([N+](=O)[O-])cc1CN(CC)CC(C)(C)O. The molecule has 6 heteroatoms. The summed E-state index contributed by atoms with van der Waals surface area (Å²) in [6.07, 6.45) is 0. The zero-order chi connectivity index (χ0) is 16.0. The van der Waals surface area contributed by atoms with Crippen molar-refractivity contribution in [2.45, 2.75) is 39.8 Å². The van der Waals surface area contributed by atoms with Crippen LogP contribution in [0.25, 0.3) is 0 Å². The molecule has 2 N–H and O–H groups in total. The zero-order valence-electron chi connectivity index (χ0n) is 13.2. The lowest BCUT2D eigenvalue weighted by Crippen LogP contribution is -2.38. The van der Waals surface area contributed by atoms with E-state index in [4.69, 9.17) is 0 Å². The minimum atomic E-state index is -0.797. The van der Waals surface area contributed by atoms with Crippen LogP contribution in [0.2, 0.25) is 0 Å². The molecule has 0 unspecified atom stereocenters. The molecule has 0 amide bonds. The maximum atomic E-state index is 10.9. The van der Waals surface area contributed by atoms with Crippen molar-refractivity contribution in [2.24, 2.45) is 0 Å². The van der Waals surface area contributed by atoms with Crippen molar-refractivity contribution in [3.8, 4) is 0 Å². The van der Waals surface area contributed by atoms with Gasteiger partial charge < -0.3 is 10.4 Å². The molecule has 0 spiro atoms. The lowest BCUT2D eigenvalue weighted by Gasteiger charge is -2.28. The van der Waals surface area contributed by atoms with E-state index in [0.29, 0.717) is 13.1 Å². The van der Waals surface area contributed by atoms with Crippen LogP contribution in [-0.2, 0) is 6.54 Å². The number of non-ortho nitro benzene ring substituents is 1. The van der Waals surface area contributed by atoms with Gasteiger partial charge in [-0.2, -0.15) is 0 Å². The van der Waals surface area contributed by atoms with E-state index in [9.17, 15) is 15.2 Å². The summed E-state index contributed by atoms with van der Waals surface area (Å²) >= 11 is 0. The fraction of sp³-hybridized carbons (Fsp3) is 0.600. The largest absolute Gasteiger partial charge is 0.389 e. The third-order valence-electron chi connectivity index (χ3n) is 3.12. The lowest BCUT2D eigenvalue weighted by molar-refractivity contribution is -0.384. The van der Waals surface area contributed by atoms with Gasteiger partial charge in [-0.1, -0.05) is 6.92 Å². The van der Waals surface area contributed by atoms with Gasteiger partial charge in [-0.15, -0.1) is 0 Å². The fourth-order valence-electron chi connectivity index (χ4n) is 2.26. The molecule has 1 aromatic carbocycles. The van der Waals surface area contributed by atoms with Crippen molar-refractivity contribution in [3.05, 3.63) is 33.9 Å². The number of nitro groups is 1. The molecule has 1 aromatic rings. The van der Waals surface area contributed by atoms with Crippen LogP contribution in [0.5, 0.6) is 0 Å². The van der Waals surface area contributed by atoms with Crippen LogP contribution in [-0.4, -0.2) is 40.2 Å². The highest BCUT2D eigenvalue weighted by Gasteiger charge is 2.19. The van der Waals surface area contributed by atoms with Crippen molar-refractivity contribution < 1.29 is 10.0 Å². The summed E-state index contributed by atoms with van der Waals surface area (Å²) < 4.78 is 0. The maximum Gasteiger partial charge on any atom is 0.269 e. The molecule has 0 saturated heterocycles. The molecule has 0 saturated carbocycles. The number of hydrogen-bond acceptors (Lipinski definition) is 5. The van der Waals surface area contributed by atoms with E-state index in [-0.39, 0.29) is 10.6 Å². The smallest absolute Gasteiger partial charge is 0.269 e. The Bertz CT molecular complexity index is 484. The fourth-order valence-corrected chi connectivity index (χ4v) is 2.26. The molecular weight excluding hydrogens is 270 g/mol. The molecule has 0 aliphatic heterocycles. The molecule has 6 nitrogen and oxygen atoms in total. The van der Waals surface area contributed by atoms with Crippen molar-refractivity contribution in [3.63, 3.8) is 0 Å². The number of aliphatic hydroxyl groups is 1. The van der Waals surface area contributed by atoms with Gasteiger partial charge in [0.2, 0.25) is 0 Å². The van der Waals surface area contributed by atoms with Crippen LogP contribution in [0.3, 0.4) is 0 Å². The summed E-state index contributed by atoms with van der Waals surface area (Å²) in [5.41, 5.74) is 1.06. The molecule has 0 atom stereocenters. The number of nitrogens with zero attached hydrogens (tertiary/aromatic N) is 2. The molecule has 1 rings (SSSR count). The van der Waals surface area contributed by atoms with Crippen LogP contribution in [0, 0.1) is 10.1 Å². The van der Waals surface area contributed by atoms with Crippen molar-refractivity contribution in [1.29, 1.82) is 0 Å². The number of anilines is 1. The zero-order valence-corrected chi connectivity index (χ0v) is 13.2. The van der Waals surface area contributed by atoms with Crippen LogP contribution in [0.4, 0.5) is 11.4 Å². The Hall–Kier alpha value is -1.66. The highest BCUT2D eigenvalue weighted by Crippen LogP contribution is 2.24. The van der Waals surface area contributed by atoms with Gasteiger partial charge in [-0.3, -0.25) is 15.0 Å². The highest BCUT2D eigenvalue weighted by atomic mass is 16.6. The summed E-state index contributed by atoms with van der Waals surface area (Å²) in [6.45, 7) is 10.1. The predicted molar refractivity (Wildman–Crippen MR) is 84.5 cm³/mol. The van der Waals surface area contributed by atoms with Gasteiger partial charge in [0, 0.05) is 37.5 Å². The van der Waals surface area contributed by atoms with Crippen molar-refractivity contribution >= 4 is 11.4 Å². The van der Waals surface area contributed by atoms with Crippen molar-refractivity contribution in [1.82, 2.24) is 4.90 Å². The van der Waals surface area contributed by atoms with Crippen LogP contribution < -0.4 is 5.32 Å². The van der Waals surface area contributed by atoms with E-state index in [1.165, 1.54) is 6.07 Å². The summed E-state index contributed by atoms with van der Waals surface area (Å²) in [5, 5.41) is 24.1. The Labute approximate surface area is 125 Å². The minimum absolute atomic E-state index is 0.0889. The Kier molecular flexibility index (Phi) is 6.11. The van der Waals surface area contributed by atoms with E-state index >= 15 is 0 Å². The minimum Gasteiger partial charge on any atom is -0.389 e.